The Bertz CT molecular complexity index is 1250. The molecule has 1 saturated carbocycles. The van der Waals surface area contributed by atoms with Gasteiger partial charge in [0.05, 0.1) is 24.2 Å². The Hall–Kier alpha value is -3.15. The van der Waals surface area contributed by atoms with Crippen LogP contribution < -0.4 is 14.8 Å². The van der Waals surface area contributed by atoms with Gasteiger partial charge in [0.15, 0.2) is 20.7 Å². The lowest BCUT2D eigenvalue weighted by Crippen LogP contribution is -2.50. The Morgan fingerprint density at radius 2 is 1.76 bits per heavy atom. The number of aromatic nitrogens is 3. The van der Waals surface area contributed by atoms with E-state index >= 15 is 0 Å². The average Bonchev–Trinajstić information content (AvgIpc) is 3.65. The first kappa shape index (κ1) is 25.5. The molecule has 200 valence electrons. The third-order valence-corrected chi connectivity index (χ3v) is 8.98. The first-order valence-electron chi connectivity index (χ1n) is 12.6. The molecule has 3 atom stereocenters. The molecule has 2 aromatic rings. The molecule has 1 N–H and O–H groups in total. The topological polar surface area (TPSA) is 133 Å². The summed E-state index contributed by atoms with van der Waals surface area (Å²) in [5.74, 6) is 1.01. The van der Waals surface area contributed by atoms with Crippen LogP contribution in [0.5, 0.6) is 11.6 Å². The molecule has 0 spiro atoms. The first-order valence-corrected chi connectivity index (χ1v) is 14.1. The number of carbonyl (C=O) groups is 1. The fourth-order valence-corrected chi connectivity index (χ4v) is 6.57. The number of carbonyl (C=O) groups excluding carboxylic acids is 1. The molecule has 12 heteroatoms. The van der Waals surface area contributed by atoms with Crippen LogP contribution in [0.4, 0.5) is 16.3 Å². The smallest absolute Gasteiger partial charge is 0.410 e. The Morgan fingerprint density at radius 3 is 2.32 bits per heavy atom. The van der Waals surface area contributed by atoms with Crippen LogP contribution in [-0.4, -0.2) is 70.5 Å². The fraction of sp³-hybridized carbons (Fsp3) is 0.600. The van der Waals surface area contributed by atoms with E-state index in [2.05, 4.69) is 20.3 Å². The molecule has 3 aliphatic rings. The quantitative estimate of drug-likeness (QED) is 0.561. The van der Waals surface area contributed by atoms with E-state index in [9.17, 15) is 13.2 Å². The molecule has 1 amide bonds. The number of hydrogen-bond donors (Lipinski definition) is 1. The lowest BCUT2D eigenvalue weighted by molar-refractivity contribution is -0.00792. The molecule has 1 aliphatic carbocycles. The van der Waals surface area contributed by atoms with Crippen LogP contribution in [0.3, 0.4) is 0 Å². The molecule has 37 heavy (non-hydrogen) atoms. The summed E-state index contributed by atoms with van der Waals surface area (Å²) >= 11 is 0. The second kappa shape index (κ2) is 9.62. The van der Waals surface area contributed by atoms with Crippen molar-refractivity contribution < 1.29 is 27.4 Å². The van der Waals surface area contributed by atoms with E-state index in [0.717, 1.165) is 12.8 Å². The van der Waals surface area contributed by atoms with E-state index in [1.807, 2.05) is 25.7 Å². The van der Waals surface area contributed by atoms with Crippen LogP contribution in [-0.2, 0) is 14.6 Å². The highest BCUT2D eigenvalue weighted by Gasteiger charge is 2.46. The lowest BCUT2D eigenvalue weighted by Gasteiger charge is -2.39. The molecular weight excluding hydrogens is 498 g/mol. The minimum absolute atomic E-state index is 0.0561. The molecule has 0 radical (unpaired) electrons. The summed E-state index contributed by atoms with van der Waals surface area (Å²) in [4.78, 5) is 27.3. The van der Waals surface area contributed by atoms with Gasteiger partial charge in [0, 0.05) is 24.9 Å². The number of hydrogen-bond acceptors (Lipinski definition) is 10. The Kier molecular flexibility index (Phi) is 6.63. The largest absolute Gasteiger partial charge is 0.489 e. The van der Waals surface area contributed by atoms with Crippen LogP contribution in [0.1, 0.15) is 59.3 Å². The third-order valence-electron chi connectivity index (χ3n) is 6.80. The Labute approximate surface area is 216 Å². The monoisotopic (exact) mass is 531 g/mol. The predicted octanol–water partition coefficient (Wildman–Crippen LogP) is 3.87. The number of sulfone groups is 1. The number of piperidine rings is 1. The zero-order valence-electron chi connectivity index (χ0n) is 21.5. The number of fused-ring (bicyclic) bond motifs is 2. The highest BCUT2D eigenvalue weighted by Crippen LogP contribution is 2.40. The van der Waals surface area contributed by atoms with E-state index in [1.54, 1.807) is 6.07 Å². The van der Waals surface area contributed by atoms with Gasteiger partial charge in [0.25, 0.3) is 5.88 Å². The number of nitrogens with one attached hydrogen (secondary N) is 1. The van der Waals surface area contributed by atoms with Crippen LogP contribution in [0, 0.1) is 0 Å². The van der Waals surface area contributed by atoms with Gasteiger partial charge in [-0.05, 0) is 58.6 Å². The van der Waals surface area contributed by atoms with Gasteiger partial charge in [0.2, 0.25) is 5.75 Å². The van der Waals surface area contributed by atoms with Crippen molar-refractivity contribution in [2.45, 2.75) is 93.4 Å². The Balaban J connectivity index is 1.27. The van der Waals surface area contributed by atoms with Gasteiger partial charge < -0.3 is 24.4 Å². The maximum atomic E-state index is 12.7. The summed E-state index contributed by atoms with van der Waals surface area (Å²) in [6.45, 7) is 5.61. The van der Waals surface area contributed by atoms with Crippen LogP contribution >= 0.6 is 0 Å². The van der Waals surface area contributed by atoms with Crippen molar-refractivity contribution in [1.82, 2.24) is 19.9 Å². The number of nitrogens with zero attached hydrogens (tertiary/aromatic N) is 4. The summed E-state index contributed by atoms with van der Waals surface area (Å²) in [7, 11) is -1.85. The third kappa shape index (κ3) is 5.43. The fourth-order valence-electron chi connectivity index (χ4n) is 5.02. The van der Waals surface area contributed by atoms with Gasteiger partial charge in [0.1, 0.15) is 18.0 Å². The summed E-state index contributed by atoms with van der Waals surface area (Å²) < 4.78 is 42.3. The van der Waals surface area contributed by atoms with Gasteiger partial charge in [-0.2, -0.15) is 4.98 Å². The van der Waals surface area contributed by atoms with E-state index in [4.69, 9.17) is 14.2 Å². The molecule has 2 bridgehead atoms. The van der Waals surface area contributed by atoms with Crippen molar-refractivity contribution in [3.63, 3.8) is 0 Å². The first-order chi connectivity index (χ1) is 17.5. The van der Waals surface area contributed by atoms with Gasteiger partial charge in [-0.1, -0.05) is 0 Å². The standard InChI is InChI=1S/C25H33N5O6S/c1-25(2,3)36-24(31)30-16-6-7-17(30)12-18(11-16)35-23-21(34-4)22(27-14-28-23)29-15-5-10-20(26-13-15)37(32,33)19-8-9-19/h5,10,13-14,16-19H,6-9,11-12H2,1-4H3,(H,27,28,29)/t16-,17?,18+/m0/s1. The zero-order chi connectivity index (χ0) is 26.4. The lowest BCUT2D eigenvalue weighted by atomic mass is 10.0. The summed E-state index contributed by atoms with van der Waals surface area (Å²) in [5.41, 5.74) is 0.0181. The van der Waals surface area contributed by atoms with E-state index in [1.165, 1.54) is 25.7 Å². The second-order valence-electron chi connectivity index (χ2n) is 10.8. The molecular formula is C25H33N5O6S. The van der Waals surface area contributed by atoms with E-state index in [0.29, 0.717) is 48.8 Å². The second-order valence-corrected chi connectivity index (χ2v) is 13.0. The zero-order valence-corrected chi connectivity index (χ0v) is 22.3. The minimum atomic E-state index is -3.36. The number of ether oxygens (including phenoxy) is 3. The highest BCUT2D eigenvalue weighted by molar-refractivity contribution is 7.92. The summed E-state index contributed by atoms with van der Waals surface area (Å²) in [6, 6.07) is 3.25. The van der Waals surface area contributed by atoms with Crippen molar-refractivity contribution in [2.75, 3.05) is 12.4 Å². The molecule has 0 aromatic carbocycles. The maximum absolute atomic E-state index is 12.7. The van der Waals surface area contributed by atoms with Gasteiger partial charge >= 0.3 is 6.09 Å². The highest BCUT2D eigenvalue weighted by atomic mass is 32.2. The van der Waals surface area contributed by atoms with E-state index in [-0.39, 0.29) is 34.6 Å². The number of pyridine rings is 1. The van der Waals surface area contributed by atoms with Crippen molar-refractivity contribution in [2.24, 2.45) is 0 Å². The predicted molar refractivity (Wildman–Crippen MR) is 135 cm³/mol. The molecule has 4 heterocycles. The minimum Gasteiger partial charge on any atom is -0.489 e. The van der Waals surface area contributed by atoms with Crippen molar-refractivity contribution in [3.05, 3.63) is 24.7 Å². The number of rotatable bonds is 7. The van der Waals surface area contributed by atoms with Gasteiger partial charge in [-0.25, -0.2) is 23.2 Å². The Morgan fingerprint density at radius 1 is 1.05 bits per heavy atom. The van der Waals surface area contributed by atoms with Crippen LogP contribution in [0.25, 0.3) is 0 Å². The summed E-state index contributed by atoms with van der Waals surface area (Å²) in [5, 5.41) is 2.88. The van der Waals surface area contributed by atoms with Crippen LogP contribution in [0.2, 0.25) is 0 Å². The molecule has 5 rings (SSSR count). The van der Waals surface area contributed by atoms with Crippen molar-refractivity contribution in [3.8, 4) is 11.6 Å². The molecule has 3 fully saturated rings. The molecule has 2 saturated heterocycles. The van der Waals surface area contributed by atoms with Crippen molar-refractivity contribution >= 4 is 27.4 Å². The van der Waals surface area contributed by atoms with Crippen molar-refractivity contribution in [1.29, 1.82) is 0 Å². The number of methoxy groups -OCH3 is 1. The molecule has 2 aliphatic heterocycles. The number of anilines is 2. The number of amides is 1. The SMILES string of the molecule is COc1c(Nc2ccc(S(=O)(=O)C3CC3)nc2)ncnc1O[C@H]1CC2CC[C@@H](C1)N2C(=O)OC(C)(C)C. The maximum Gasteiger partial charge on any atom is 0.410 e. The molecule has 1 unspecified atom stereocenters. The average molecular weight is 532 g/mol. The van der Waals surface area contributed by atoms with E-state index < -0.39 is 15.4 Å². The van der Waals surface area contributed by atoms with Gasteiger partial charge in [-0.3, -0.25) is 0 Å². The summed E-state index contributed by atoms with van der Waals surface area (Å²) in [6.07, 6.45) is 6.98. The van der Waals surface area contributed by atoms with Gasteiger partial charge in [-0.15, -0.1) is 0 Å². The normalized spacial score (nSPS) is 23.5. The molecule has 2 aromatic heterocycles. The van der Waals surface area contributed by atoms with Crippen LogP contribution in [0.15, 0.2) is 29.7 Å². The molecule has 11 nitrogen and oxygen atoms in total.